The smallest absolute Gasteiger partial charge is 0.345 e. The van der Waals surface area contributed by atoms with Crippen molar-refractivity contribution in [1.82, 2.24) is 30.5 Å². The van der Waals surface area contributed by atoms with Gasteiger partial charge >= 0.3 is 6.18 Å². The van der Waals surface area contributed by atoms with Crippen LogP contribution in [0.5, 0.6) is 0 Å². The Labute approximate surface area is 139 Å². The Morgan fingerprint density at radius 3 is 2.56 bits per heavy atom. The molecular weight excluding hydrogens is 337 g/mol. The molecule has 1 N–H and O–H groups in total. The number of aromatic nitrogens is 5. The van der Waals surface area contributed by atoms with Crippen LogP contribution in [0.15, 0.2) is 48.8 Å². The molecule has 128 valence electrons. The van der Waals surface area contributed by atoms with Crippen LogP contribution in [0.25, 0.3) is 5.69 Å². The van der Waals surface area contributed by atoms with Gasteiger partial charge in [-0.2, -0.15) is 13.2 Å². The van der Waals surface area contributed by atoms with Gasteiger partial charge in [-0.25, -0.2) is 0 Å². The van der Waals surface area contributed by atoms with E-state index < -0.39 is 17.6 Å². The zero-order chi connectivity index (χ0) is 17.9. The highest BCUT2D eigenvalue weighted by Crippen LogP contribution is 2.29. The van der Waals surface area contributed by atoms with E-state index in [0.29, 0.717) is 0 Å². The van der Waals surface area contributed by atoms with Crippen molar-refractivity contribution in [2.24, 2.45) is 0 Å². The minimum Gasteiger partial charge on any atom is -0.345 e. The molecule has 0 fully saturated rings. The molecule has 3 aromatic rings. The van der Waals surface area contributed by atoms with E-state index >= 15 is 0 Å². The van der Waals surface area contributed by atoms with Gasteiger partial charge in [0, 0.05) is 18.9 Å². The number of carbonyl (C=O) groups excluding carboxylic acids is 1. The third-order valence-corrected chi connectivity index (χ3v) is 3.22. The number of nitrogens with zero attached hydrogens (tertiary/aromatic N) is 5. The average molecular weight is 348 g/mol. The van der Waals surface area contributed by atoms with E-state index in [1.807, 2.05) is 0 Å². The number of rotatable bonds is 4. The van der Waals surface area contributed by atoms with Crippen molar-refractivity contribution in [3.8, 4) is 5.69 Å². The summed E-state index contributed by atoms with van der Waals surface area (Å²) in [6, 6.07) is 7.73. The maximum Gasteiger partial charge on any atom is 0.416 e. The quantitative estimate of drug-likeness (QED) is 0.779. The van der Waals surface area contributed by atoms with Crippen molar-refractivity contribution >= 4 is 5.91 Å². The Morgan fingerprint density at radius 2 is 1.92 bits per heavy atom. The molecule has 1 amide bonds. The molecule has 0 radical (unpaired) electrons. The molecule has 1 aromatic carbocycles. The molecule has 2 heterocycles. The molecule has 25 heavy (non-hydrogen) atoms. The Kier molecular flexibility index (Phi) is 4.42. The van der Waals surface area contributed by atoms with Crippen LogP contribution in [-0.4, -0.2) is 31.1 Å². The van der Waals surface area contributed by atoms with Crippen LogP contribution in [0.4, 0.5) is 13.2 Å². The maximum absolute atomic E-state index is 12.5. The lowest BCUT2D eigenvalue weighted by molar-refractivity contribution is -0.137. The molecule has 0 aliphatic carbocycles. The third kappa shape index (κ3) is 3.97. The van der Waals surface area contributed by atoms with Gasteiger partial charge in [-0.1, -0.05) is 6.07 Å². The number of alkyl halides is 3. The lowest BCUT2D eigenvalue weighted by Crippen LogP contribution is -2.24. The first-order valence-corrected chi connectivity index (χ1v) is 7.08. The molecule has 0 spiro atoms. The first-order valence-electron chi connectivity index (χ1n) is 7.08. The number of nitrogens with one attached hydrogen (secondary N) is 1. The number of pyridine rings is 1. The van der Waals surface area contributed by atoms with Crippen LogP contribution in [-0.2, 0) is 12.7 Å². The number of halogens is 3. The molecule has 0 unspecified atom stereocenters. The third-order valence-electron chi connectivity index (χ3n) is 3.22. The standard InChI is InChI=1S/C15H11F3N6O/c16-15(17,18)11-3-5-12(6-4-11)24-22-13(21-23-24)14(25)20-9-10-2-1-7-19-8-10/h1-8H,9H2,(H,20,25). The second kappa shape index (κ2) is 6.67. The summed E-state index contributed by atoms with van der Waals surface area (Å²) in [6.45, 7) is 0.238. The molecule has 0 saturated carbocycles. The SMILES string of the molecule is O=C(NCc1cccnc1)c1nnn(-c2ccc(C(F)(F)F)cc2)n1. The van der Waals surface area contributed by atoms with Gasteiger partial charge in [-0.15, -0.1) is 15.0 Å². The van der Waals surface area contributed by atoms with Crippen LogP contribution < -0.4 is 5.32 Å². The molecule has 0 aliphatic heterocycles. The average Bonchev–Trinajstić information content (AvgIpc) is 3.10. The Morgan fingerprint density at radius 1 is 1.16 bits per heavy atom. The fourth-order valence-corrected chi connectivity index (χ4v) is 1.96. The van der Waals surface area contributed by atoms with Gasteiger partial charge in [-0.3, -0.25) is 9.78 Å². The normalized spacial score (nSPS) is 11.3. The highest BCUT2D eigenvalue weighted by Gasteiger charge is 2.30. The molecule has 0 atom stereocenters. The highest BCUT2D eigenvalue weighted by molar-refractivity contribution is 5.90. The van der Waals surface area contributed by atoms with Gasteiger partial charge < -0.3 is 5.32 Å². The number of benzene rings is 1. The molecule has 0 aliphatic rings. The number of hydrogen-bond acceptors (Lipinski definition) is 5. The van der Waals surface area contributed by atoms with Crippen molar-refractivity contribution < 1.29 is 18.0 Å². The summed E-state index contributed by atoms with van der Waals surface area (Å²) in [5.41, 5.74) is 0.267. The molecular formula is C15H11F3N6O. The number of hydrogen-bond donors (Lipinski definition) is 1. The van der Waals surface area contributed by atoms with E-state index in [0.717, 1.165) is 22.5 Å². The number of carbonyl (C=O) groups is 1. The van der Waals surface area contributed by atoms with Crippen molar-refractivity contribution in [2.45, 2.75) is 12.7 Å². The van der Waals surface area contributed by atoms with Gasteiger partial charge in [0.1, 0.15) is 0 Å². The summed E-state index contributed by atoms with van der Waals surface area (Å²) in [6.07, 6.45) is -1.21. The van der Waals surface area contributed by atoms with Crippen LogP contribution in [0.3, 0.4) is 0 Å². The number of amides is 1. The van der Waals surface area contributed by atoms with Gasteiger partial charge in [0.25, 0.3) is 11.7 Å². The summed E-state index contributed by atoms with van der Waals surface area (Å²) in [5, 5.41) is 13.8. The first-order chi connectivity index (χ1) is 11.9. The van der Waals surface area contributed by atoms with E-state index in [1.54, 1.807) is 24.5 Å². The van der Waals surface area contributed by atoms with Crippen LogP contribution >= 0.6 is 0 Å². The molecule has 3 rings (SSSR count). The monoisotopic (exact) mass is 348 g/mol. The van der Waals surface area contributed by atoms with E-state index in [2.05, 4.69) is 25.7 Å². The lowest BCUT2D eigenvalue weighted by atomic mass is 10.2. The Balaban J connectivity index is 1.68. The second-order valence-corrected chi connectivity index (χ2v) is 4.99. The lowest BCUT2D eigenvalue weighted by Gasteiger charge is -2.06. The first kappa shape index (κ1) is 16.6. The second-order valence-electron chi connectivity index (χ2n) is 4.99. The van der Waals surface area contributed by atoms with Gasteiger partial charge in [0.2, 0.25) is 0 Å². The zero-order valence-corrected chi connectivity index (χ0v) is 12.6. The summed E-state index contributed by atoms with van der Waals surface area (Å²) in [7, 11) is 0. The minimum atomic E-state index is -4.42. The van der Waals surface area contributed by atoms with E-state index in [1.165, 1.54) is 12.1 Å². The molecule has 0 bridgehead atoms. The van der Waals surface area contributed by atoms with Gasteiger partial charge in [0.15, 0.2) is 0 Å². The van der Waals surface area contributed by atoms with Crippen molar-refractivity contribution in [3.63, 3.8) is 0 Å². The van der Waals surface area contributed by atoms with Gasteiger partial charge in [0.05, 0.1) is 11.3 Å². The van der Waals surface area contributed by atoms with Crippen molar-refractivity contribution in [2.75, 3.05) is 0 Å². The summed E-state index contributed by atoms with van der Waals surface area (Å²) in [5.74, 6) is -0.745. The topological polar surface area (TPSA) is 85.6 Å². The predicted molar refractivity (Wildman–Crippen MR) is 79.6 cm³/mol. The number of tetrazole rings is 1. The fourth-order valence-electron chi connectivity index (χ4n) is 1.96. The van der Waals surface area contributed by atoms with Gasteiger partial charge in [-0.05, 0) is 41.1 Å². The maximum atomic E-state index is 12.5. The zero-order valence-electron chi connectivity index (χ0n) is 12.6. The largest absolute Gasteiger partial charge is 0.416 e. The molecule has 2 aromatic heterocycles. The van der Waals surface area contributed by atoms with Crippen LogP contribution in [0, 0.1) is 0 Å². The van der Waals surface area contributed by atoms with Crippen LogP contribution in [0.1, 0.15) is 21.7 Å². The minimum absolute atomic E-state index is 0.191. The van der Waals surface area contributed by atoms with Crippen molar-refractivity contribution in [1.29, 1.82) is 0 Å². The molecule has 7 nitrogen and oxygen atoms in total. The highest BCUT2D eigenvalue weighted by atomic mass is 19.4. The van der Waals surface area contributed by atoms with E-state index in [4.69, 9.17) is 0 Å². The summed E-state index contributed by atoms with van der Waals surface area (Å²) < 4.78 is 37.6. The molecule has 0 saturated heterocycles. The van der Waals surface area contributed by atoms with Crippen molar-refractivity contribution in [3.05, 3.63) is 65.7 Å². The Hall–Kier alpha value is -3.30. The van der Waals surface area contributed by atoms with Crippen LogP contribution in [0.2, 0.25) is 0 Å². The molecule has 10 heteroatoms. The Bertz CT molecular complexity index is 861. The summed E-state index contributed by atoms with van der Waals surface area (Å²) in [4.78, 5) is 16.9. The predicted octanol–water partition coefficient (Wildman–Crippen LogP) is 2.01. The summed E-state index contributed by atoms with van der Waals surface area (Å²) >= 11 is 0. The van der Waals surface area contributed by atoms with E-state index in [9.17, 15) is 18.0 Å². The fraction of sp³-hybridized carbons (Fsp3) is 0.133. The van der Waals surface area contributed by atoms with E-state index in [-0.39, 0.29) is 18.1 Å².